The molecule has 0 aliphatic carbocycles. The summed E-state index contributed by atoms with van der Waals surface area (Å²) in [6, 6.07) is 5.30. The van der Waals surface area contributed by atoms with Crippen molar-refractivity contribution in [3.63, 3.8) is 0 Å². The van der Waals surface area contributed by atoms with Gasteiger partial charge in [-0.2, -0.15) is 5.10 Å². The van der Waals surface area contributed by atoms with Gasteiger partial charge in [-0.15, -0.1) is 0 Å². The Morgan fingerprint density at radius 3 is 2.95 bits per heavy atom. The van der Waals surface area contributed by atoms with Gasteiger partial charge in [-0.1, -0.05) is 23.2 Å². The van der Waals surface area contributed by atoms with Crippen LogP contribution in [0.15, 0.2) is 18.2 Å². The highest BCUT2D eigenvalue weighted by Gasteiger charge is 2.20. The molecule has 1 fully saturated rings. The van der Waals surface area contributed by atoms with E-state index in [-0.39, 0.29) is 0 Å². The van der Waals surface area contributed by atoms with E-state index in [2.05, 4.69) is 20.5 Å². The monoisotopic (exact) mass is 296 g/mol. The first-order valence-electron chi connectivity index (χ1n) is 6.32. The van der Waals surface area contributed by atoms with Gasteiger partial charge >= 0.3 is 0 Å². The predicted octanol–water partition coefficient (Wildman–Crippen LogP) is 3.25. The van der Waals surface area contributed by atoms with Crippen molar-refractivity contribution in [2.45, 2.75) is 18.8 Å². The van der Waals surface area contributed by atoms with Crippen LogP contribution in [0.5, 0.6) is 0 Å². The number of benzene rings is 1. The lowest BCUT2D eigenvalue weighted by atomic mass is 9.99. The topological polar surface area (TPSA) is 53.6 Å². The van der Waals surface area contributed by atoms with Crippen LogP contribution in [0, 0.1) is 0 Å². The summed E-state index contributed by atoms with van der Waals surface area (Å²) < 4.78 is 0. The summed E-state index contributed by atoms with van der Waals surface area (Å²) in [5, 5.41) is 11.9. The van der Waals surface area contributed by atoms with Crippen molar-refractivity contribution < 1.29 is 0 Å². The van der Waals surface area contributed by atoms with Crippen LogP contribution in [-0.2, 0) is 0 Å². The molecule has 1 aromatic heterocycles. The van der Waals surface area contributed by atoms with Gasteiger partial charge in [-0.3, -0.25) is 5.10 Å². The van der Waals surface area contributed by atoms with Crippen LogP contribution in [0.1, 0.15) is 24.6 Å². The highest BCUT2D eigenvalue weighted by atomic mass is 35.5. The van der Waals surface area contributed by atoms with Crippen molar-refractivity contribution >= 4 is 23.2 Å². The Balaban J connectivity index is 1.89. The van der Waals surface area contributed by atoms with Gasteiger partial charge < -0.3 is 5.32 Å². The standard InChI is InChI=1S/C13H14Cl2N4/c14-9-3-4-11(15)10(6-9)13-17-12(18-19-13)8-2-1-5-16-7-8/h3-4,6,8,16H,1-2,5,7H2,(H,17,18,19). The lowest BCUT2D eigenvalue weighted by molar-refractivity contribution is 0.447. The second kappa shape index (κ2) is 5.49. The summed E-state index contributed by atoms with van der Waals surface area (Å²) in [5.74, 6) is 1.92. The number of H-pyrrole nitrogens is 1. The molecular weight excluding hydrogens is 283 g/mol. The quantitative estimate of drug-likeness (QED) is 0.894. The fourth-order valence-electron chi connectivity index (χ4n) is 2.33. The molecular formula is C13H14Cl2N4. The van der Waals surface area contributed by atoms with E-state index in [0.29, 0.717) is 21.8 Å². The molecule has 2 aromatic rings. The van der Waals surface area contributed by atoms with Crippen molar-refractivity contribution in [1.29, 1.82) is 0 Å². The van der Waals surface area contributed by atoms with Crippen LogP contribution >= 0.6 is 23.2 Å². The second-order valence-corrected chi connectivity index (χ2v) is 5.56. The van der Waals surface area contributed by atoms with Gasteiger partial charge in [0.15, 0.2) is 5.82 Å². The van der Waals surface area contributed by atoms with Gasteiger partial charge in [0.05, 0.1) is 5.02 Å². The zero-order valence-electron chi connectivity index (χ0n) is 10.3. The Morgan fingerprint density at radius 2 is 2.16 bits per heavy atom. The van der Waals surface area contributed by atoms with Crippen LogP contribution in [0.2, 0.25) is 10.0 Å². The van der Waals surface area contributed by atoms with Crippen LogP contribution in [-0.4, -0.2) is 28.3 Å². The summed E-state index contributed by atoms with van der Waals surface area (Å²) in [6.07, 6.45) is 2.30. The molecule has 19 heavy (non-hydrogen) atoms. The summed E-state index contributed by atoms with van der Waals surface area (Å²) in [7, 11) is 0. The second-order valence-electron chi connectivity index (χ2n) is 4.71. The van der Waals surface area contributed by atoms with Crippen molar-refractivity contribution in [3.8, 4) is 11.4 Å². The number of rotatable bonds is 2. The molecule has 1 aliphatic heterocycles. The number of hydrogen-bond donors (Lipinski definition) is 2. The maximum absolute atomic E-state index is 6.16. The van der Waals surface area contributed by atoms with Gasteiger partial charge in [0.2, 0.25) is 0 Å². The average molecular weight is 297 g/mol. The Bertz CT molecular complexity index is 576. The van der Waals surface area contributed by atoms with E-state index in [4.69, 9.17) is 23.2 Å². The summed E-state index contributed by atoms with van der Waals surface area (Å²) in [4.78, 5) is 4.56. The summed E-state index contributed by atoms with van der Waals surface area (Å²) in [5.41, 5.74) is 0.764. The molecule has 2 heterocycles. The third-order valence-corrected chi connectivity index (χ3v) is 3.92. The maximum atomic E-state index is 6.16. The first-order valence-corrected chi connectivity index (χ1v) is 7.08. The Labute approximate surface area is 121 Å². The normalized spacial score (nSPS) is 19.6. The number of hydrogen-bond acceptors (Lipinski definition) is 3. The fourth-order valence-corrected chi connectivity index (χ4v) is 2.71. The highest BCUT2D eigenvalue weighted by Crippen LogP contribution is 2.29. The van der Waals surface area contributed by atoms with Crippen LogP contribution in [0.4, 0.5) is 0 Å². The molecule has 0 amide bonds. The number of aromatic amines is 1. The number of aromatic nitrogens is 3. The molecule has 1 saturated heterocycles. The smallest absolute Gasteiger partial charge is 0.182 e. The van der Waals surface area contributed by atoms with Crippen molar-refractivity contribution in [2.75, 3.05) is 13.1 Å². The van der Waals surface area contributed by atoms with Crippen molar-refractivity contribution in [3.05, 3.63) is 34.1 Å². The van der Waals surface area contributed by atoms with Gasteiger partial charge in [-0.25, -0.2) is 4.98 Å². The molecule has 3 rings (SSSR count). The van der Waals surface area contributed by atoms with Crippen molar-refractivity contribution in [1.82, 2.24) is 20.5 Å². The number of piperidine rings is 1. The molecule has 1 unspecified atom stereocenters. The van der Waals surface area contributed by atoms with E-state index in [0.717, 1.165) is 30.9 Å². The third kappa shape index (κ3) is 2.76. The molecule has 0 saturated carbocycles. The molecule has 0 spiro atoms. The lowest BCUT2D eigenvalue weighted by Crippen LogP contribution is -2.28. The molecule has 4 nitrogen and oxygen atoms in total. The zero-order chi connectivity index (χ0) is 13.2. The minimum atomic E-state index is 0.396. The SMILES string of the molecule is Clc1ccc(Cl)c(-c2n[nH]c(C3CCCNC3)n2)c1. The Morgan fingerprint density at radius 1 is 1.26 bits per heavy atom. The number of halogens is 2. The molecule has 0 radical (unpaired) electrons. The summed E-state index contributed by atoms with van der Waals surface area (Å²) in [6.45, 7) is 2.02. The Hall–Kier alpha value is -1.10. The van der Waals surface area contributed by atoms with E-state index in [1.54, 1.807) is 18.2 Å². The largest absolute Gasteiger partial charge is 0.316 e. The van der Waals surface area contributed by atoms with Crippen LogP contribution in [0.25, 0.3) is 11.4 Å². The van der Waals surface area contributed by atoms with Crippen molar-refractivity contribution in [2.24, 2.45) is 0 Å². The average Bonchev–Trinajstić information content (AvgIpc) is 2.92. The molecule has 6 heteroatoms. The summed E-state index contributed by atoms with van der Waals surface area (Å²) >= 11 is 12.1. The minimum absolute atomic E-state index is 0.396. The molecule has 1 aliphatic rings. The van der Waals surface area contributed by atoms with Gasteiger partial charge in [0, 0.05) is 23.0 Å². The van der Waals surface area contributed by atoms with Crippen LogP contribution < -0.4 is 5.32 Å². The van der Waals surface area contributed by atoms with E-state index >= 15 is 0 Å². The minimum Gasteiger partial charge on any atom is -0.316 e. The van der Waals surface area contributed by atoms with Gasteiger partial charge in [0.1, 0.15) is 5.82 Å². The highest BCUT2D eigenvalue weighted by molar-refractivity contribution is 6.35. The predicted molar refractivity (Wildman–Crippen MR) is 76.7 cm³/mol. The number of nitrogens with zero attached hydrogens (tertiary/aromatic N) is 2. The molecule has 2 N–H and O–H groups in total. The maximum Gasteiger partial charge on any atom is 0.182 e. The fraction of sp³-hybridized carbons (Fsp3) is 0.385. The van der Waals surface area contributed by atoms with Gasteiger partial charge in [-0.05, 0) is 37.6 Å². The lowest BCUT2D eigenvalue weighted by Gasteiger charge is -2.20. The zero-order valence-corrected chi connectivity index (χ0v) is 11.8. The molecule has 100 valence electrons. The van der Waals surface area contributed by atoms with E-state index < -0.39 is 0 Å². The Kier molecular flexibility index (Phi) is 3.73. The van der Waals surface area contributed by atoms with Crippen LogP contribution in [0.3, 0.4) is 0 Å². The van der Waals surface area contributed by atoms with E-state index in [1.165, 1.54) is 6.42 Å². The third-order valence-electron chi connectivity index (χ3n) is 3.36. The molecule has 1 atom stereocenters. The number of nitrogens with one attached hydrogen (secondary N) is 2. The first-order chi connectivity index (χ1) is 9.24. The molecule has 1 aromatic carbocycles. The van der Waals surface area contributed by atoms with E-state index in [9.17, 15) is 0 Å². The first kappa shape index (κ1) is 12.9. The van der Waals surface area contributed by atoms with Gasteiger partial charge in [0.25, 0.3) is 0 Å². The van der Waals surface area contributed by atoms with E-state index in [1.807, 2.05) is 0 Å². The molecule has 0 bridgehead atoms.